The molecule has 0 N–H and O–H groups in total. The van der Waals surface area contributed by atoms with Gasteiger partial charge in [-0.15, -0.1) is 0 Å². The van der Waals surface area contributed by atoms with Gasteiger partial charge in [0, 0.05) is 12.0 Å². The topological polar surface area (TPSA) is 37.9 Å². The third-order valence-corrected chi connectivity index (χ3v) is 4.55. The summed E-state index contributed by atoms with van der Waals surface area (Å²) in [6, 6.07) is 17.4. The molecule has 1 aliphatic rings. The second kappa shape index (κ2) is 5.78. The van der Waals surface area contributed by atoms with E-state index in [1.165, 1.54) is 0 Å². The number of nitrogens with zero attached hydrogens (tertiary/aromatic N) is 3. The molecular weight excluding hydrogens is 310 g/mol. The lowest BCUT2D eigenvalue weighted by Crippen LogP contribution is -2.36. The Labute approximate surface area is 146 Å². The molecule has 1 fully saturated rings. The van der Waals surface area contributed by atoms with Crippen LogP contribution in [0.3, 0.4) is 0 Å². The van der Waals surface area contributed by atoms with Gasteiger partial charge in [-0.05, 0) is 31.2 Å². The number of aromatic nitrogens is 2. The lowest BCUT2D eigenvalue weighted by atomic mass is 10.1. The van der Waals surface area contributed by atoms with Crippen LogP contribution in [0.2, 0.25) is 0 Å². The van der Waals surface area contributed by atoms with E-state index in [1.54, 1.807) is 4.68 Å². The van der Waals surface area contributed by atoms with Crippen molar-refractivity contribution < 1.29 is 0 Å². The summed E-state index contributed by atoms with van der Waals surface area (Å²) < 4.78 is 1.71. The maximum atomic E-state index is 13.0. The fourth-order valence-corrected chi connectivity index (χ4v) is 3.03. The molecule has 0 aliphatic carbocycles. The van der Waals surface area contributed by atoms with Crippen LogP contribution < -0.4 is 10.6 Å². The van der Waals surface area contributed by atoms with Crippen molar-refractivity contribution in [3.63, 3.8) is 0 Å². The molecule has 0 spiro atoms. The standard InChI is InChI=1S/C21H19N3O/c1-3-19-22-18-12-8-7-11-17(18)20(25)24(19)23-15-21(23,2)14-13-16-9-5-4-6-10-16/h4-12H,3,15H2,1-2H3/t21-,23?/m1/s1. The first kappa shape index (κ1) is 15.5. The molecule has 124 valence electrons. The largest absolute Gasteiger partial charge is 0.285 e. The summed E-state index contributed by atoms with van der Waals surface area (Å²) in [5, 5.41) is 2.65. The Morgan fingerprint density at radius 1 is 1.12 bits per heavy atom. The molecular formula is C21H19N3O. The van der Waals surface area contributed by atoms with Gasteiger partial charge in [-0.1, -0.05) is 49.1 Å². The van der Waals surface area contributed by atoms with Crippen LogP contribution in [0.1, 0.15) is 25.2 Å². The van der Waals surface area contributed by atoms with E-state index in [1.807, 2.05) is 66.5 Å². The normalized spacial score (nSPS) is 18.7. The Bertz CT molecular complexity index is 1060. The van der Waals surface area contributed by atoms with E-state index >= 15 is 0 Å². The van der Waals surface area contributed by atoms with Gasteiger partial charge in [0.2, 0.25) is 0 Å². The Morgan fingerprint density at radius 3 is 2.60 bits per heavy atom. The van der Waals surface area contributed by atoms with Crippen molar-refractivity contribution in [1.82, 2.24) is 9.66 Å². The highest BCUT2D eigenvalue weighted by atomic mass is 16.1. The molecule has 2 heterocycles. The lowest BCUT2D eigenvalue weighted by Gasteiger charge is -2.16. The van der Waals surface area contributed by atoms with Gasteiger partial charge in [0.05, 0.1) is 17.4 Å². The highest BCUT2D eigenvalue weighted by Gasteiger charge is 2.49. The summed E-state index contributed by atoms with van der Waals surface area (Å²) in [5.41, 5.74) is 1.37. The predicted molar refractivity (Wildman–Crippen MR) is 100 cm³/mol. The molecule has 1 atom stereocenters. The first-order valence-electron chi connectivity index (χ1n) is 8.49. The first-order valence-corrected chi connectivity index (χ1v) is 8.49. The van der Waals surface area contributed by atoms with Crippen molar-refractivity contribution in [1.29, 1.82) is 0 Å². The molecule has 3 aromatic rings. The molecule has 4 heteroatoms. The fourth-order valence-electron chi connectivity index (χ4n) is 3.03. The summed E-state index contributed by atoms with van der Waals surface area (Å²) in [7, 11) is 0. The van der Waals surface area contributed by atoms with Crippen LogP contribution >= 0.6 is 0 Å². The molecule has 4 rings (SSSR count). The quantitative estimate of drug-likeness (QED) is 0.536. The summed E-state index contributed by atoms with van der Waals surface area (Å²) in [6.07, 6.45) is 0.693. The molecule has 0 amide bonds. The van der Waals surface area contributed by atoms with Gasteiger partial charge in [0.25, 0.3) is 5.56 Å². The third-order valence-electron chi connectivity index (χ3n) is 4.55. The minimum Gasteiger partial charge on any atom is -0.285 e. The monoisotopic (exact) mass is 329 g/mol. The van der Waals surface area contributed by atoms with Gasteiger partial charge in [-0.2, -0.15) is 0 Å². The molecule has 0 radical (unpaired) electrons. The Morgan fingerprint density at radius 2 is 1.84 bits per heavy atom. The molecule has 4 nitrogen and oxygen atoms in total. The van der Waals surface area contributed by atoms with E-state index in [4.69, 9.17) is 0 Å². The second-order valence-electron chi connectivity index (χ2n) is 6.46. The Kier molecular flexibility index (Phi) is 3.58. The van der Waals surface area contributed by atoms with Crippen LogP contribution in [-0.2, 0) is 6.42 Å². The Hall–Kier alpha value is -3.06. The number of hydrogen-bond donors (Lipinski definition) is 0. The van der Waals surface area contributed by atoms with Gasteiger partial charge in [-0.3, -0.25) is 9.80 Å². The van der Waals surface area contributed by atoms with Crippen LogP contribution in [0, 0.1) is 11.8 Å². The number of para-hydroxylation sites is 1. The minimum atomic E-state index is -0.340. The fraction of sp³-hybridized carbons (Fsp3) is 0.238. The van der Waals surface area contributed by atoms with E-state index < -0.39 is 0 Å². The molecule has 1 aromatic heterocycles. The maximum Gasteiger partial charge on any atom is 0.280 e. The highest BCUT2D eigenvalue weighted by Crippen LogP contribution is 2.29. The smallest absolute Gasteiger partial charge is 0.280 e. The van der Waals surface area contributed by atoms with Crippen LogP contribution in [0.4, 0.5) is 0 Å². The van der Waals surface area contributed by atoms with Gasteiger partial charge in [-0.25, -0.2) is 9.66 Å². The number of fused-ring (bicyclic) bond motifs is 1. The van der Waals surface area contributed by atoms with E-state index in [2.05, 4.69) is 23.7 Å². The van der Waals surface area contributed by atoms with Gasteiger partial charge in [0.15, 0.2) is 0 Å². The van der Waals surface area contributed by atoms with Crippen molar-refractivity contribution in [3.05, 3.63) is 76.3 Å². The average Bonchev–Trinajstić information content (AvgIpc) is 3.32. The van der Waals surface area contributed by atoms with Gasteiger partial charge < -0.3 is 0 Å². The van der Waals surface area contributed by atoms with Crippen LogP contribution in [0.25, 0.3) is 10.9 Å². The predicted octanol–water partition coefficient (Wildman–Crippen LogP) is 2.72. The van der Waals surface area contributed by atoms with Crippen molar-refractivity contribution in [2.45, 2.75) is 25.8 Å². The molecule has 0 bridgehead atoms. The SMILES string of the molecule is CCc1nc2ccccc2c(=O)n1N1C[C@@]1(C)C#Cc1ccccc1. The van der Waals surface area contributed by atoms with E-state index in [-0.39, 0.29) is 11.1 Å². The first-order chi connectivity index (χ1) is 12.1. The Balaban J connectivity index is 1.75. The molecule has 1 saturated heterocycles. The zero-order valence-electron chi connectivity index (χ0n) is 14.4. The molecule has 1 aliphatic heterocycles. The van der Waals surface area contributed by atoms with E-state index in [9.17, 15) is 4.79 Å². The summed E-state index contributed by atoms with van der Waals surface area (Å²) in [6.45, 7) is 4.80. The molecule has 2 aromatic carbocycles. The molecule has 25 heavy (non-hydrogen) atoms. The summed E-state index contributed by atoms with van der Waals surface area (Å²) >= 11 is 0. The van der Waals surface area contributed by atoms with Crippen LogP contribution in [0.15, 0.2) is 59.4 Å². The van der Waals surface area contributed by atoms with E-state index in [0.717, 1.165) is 23.4 Å². The molecule has 0 unspecified atom stereocenters. The van der Waals surface area contributed by atoms with Crippen LogP contribution in [0.5, 0.6) is 0 Å². The van der Waals surface area contributed by atoms with Gasteiger partial charge in [0.1, 0.15) is 11.4 Å². The second-order valence-corrected chi connectivity index (χ2v) is 6.46. The van der Waals surface area contributed by atoms with E-state index in [0.29, 0.717) is 11.8 Å². The summed E-state index contributed by atoms with van der Waals surface area (Å²) in [4.78, 5) is 17.7. The number of aryl methyl sites for hydroxylation is 1. The minimum absolute atomic E-state index is 0.0207. The number of hydrogen-bond acceptors (Lipinski definition) is 3. The van der Waals surface area contributed by atoms with Crippen LogP contribution in [-0.4, -0.2) is 21.7 Å². The number of benzene rings is 2. The van der Waals surface area contributed by atoms with Crippen molar-refractivity contribution in [2.24, 2.45) is 0 Å². The van der Waals surface area contributed by atoms with Crippen molar-refractivity contribution in [2.75, 3.05) is 11.6 Å². The molecule has 0 saturated carbocycles. The van der Waals surface area contributed by atoms with Crippen molar-refractivity contribution in [3.8, 4) is 11.8 Å². The van der Waals surface area contributed by atoms with Gasteiger partial charge >= 0.3 is 0 Å². The zero-order chi connectivity index (χ0) is 17.4. The van der Waals surface area contributed by atoms with Crippen molar-refractivity contribution >= 4 is 10.9 Å². The highest BCUT2D eigenvalue weighted by molar-refractivity contribution is 5.77. The lowest BCUT2D eigenvalue weighted by molar-refractivity contribution is 0.667. The average molecular weight is 329 g/mol. The summed E-state index contributed by atoms with van der Waals surface area (Å²) in [5.74, 6) is 7.30. The zero-order valence-corrected chi connectivity index (χ0v) is 14.4. The third kappa shape index (κ3) is 2.68. The maximum absolute atomic E-state index is 13.0. The number of rotatable bonds is 2.